The standard InChI is InChI=1S/C19H20INO4/c1-3-24-15-10-8-14(9-11-15)12-21(2)18(22)13-25-19(23)16-6-4-5-7-17(16)20/h4-11H,3,12-13H2,1-2H3. The lowest BCUT2D eigenvalue weighted by Crippen LogP contribution is -2.30. The van der Waals surface area contributed by atoms with Crippen LogP contribution in [0, 0.1) is 3.57 Å². The van der Waals surface area contributed by atoms with E-state index in [1.807, 2.05) is 43.3 Å². The highest BCUT2D eigenvalue weighted by Crippen LogP contribution is 2.14. The number of ether oxygens (including phenoxy) is 2. The van der Waals surface area contributed by atoms with Crippen LogP contribution in [-0.2, 0) is 16.1 Å². The molecule has 0 spiro atoms. The third-order valence-corrected chi connectivity index (χ3v) is 4.44. The molecule has 6 heteroatoms. The Hall–Kier alpha value is -2.09. The van der Waals surface area contributed by atoms with Gasteiger partial charge in [-0.25, -0.2) is 4.79 Å². The van der Waals surface area contributed by atoms with Gasteiger partial charge in [-0.15, -0.1) is 0 Å². The van der Waals surface area contributed by atoms with Gasteiger partial charge in [0.15, 0.2) is 6.61 Å². The van der Waals surface area contributed by atoms with Crippen LogP contribution in [0.1, 0.15) is 22.8 Å². The molecule has 0 heterocycles. The van der Waals surface area contributed by atoms with Crippen LogP contribution in [0.25, 0.3) is 0 Å². The van der Waals surface area contributed by atoms with E-state index in [0.29, 0.717) is 18.7 Å². The second kappa shape index (κ2) is 9.41. The second-order valence-corrected chi connectivity index (χ2v) is 6.54. The molecule has 0 saturated heterocycles. The van der Waals surface area contributed by atoms with Gasteiger partial charge in [-0.1, -0.05) is 24.3 Å². The minimum Gasteiger partial charge on any atom is -0.494 e. The summed E-state index contributed by atoms with van der Waals surface area (Å²) in [7, 11) is 1.68. The lowest BCUT2D eigenvalue weighted by molar-refractivity contribution is -0.133. The first-order chi connectivity index (χ1) is 12.0. The number of benzene rings is 2. The molecule has 2 aromatic rings. The number of carbonyl (C=O) groups excluding carboxylic acids is 2. The quantitative estimate of drug-likeness (QED) is 0.476. The van der Waals surface area contributed by atoms with E-state index in [1.165, 1.54) is 4.90 Å². The zero-order chi connectivity index (χ0) is 18.2. The molecule has 1 amide bonds. The van der Waals surface area contributed by atoms with E-state index >= 15 is 0 Å². The van der Waals surface area contributed by atoms with Crippen LogP contribution in [0.5, 0.6) is 5.75 Å². The second-order valence-electron chi connectivity index (χ2n) is 5.38. The molecular formula is C19H20INO4. The van der Waals surface area contributed by atoms with Crippen LogP contribution in [0.4, 0.5) is 0 Å². The largest absolute Gasteiger partial charge is 0.494 e. The molecule has 0 aliphatic heterocycles. The Morgan fingerprint density at radius 3 is 2.40 bits per heavy atom. The number of hydrogen-bond donors (Lipinski definition) is 0. The van der Waals surface area contributed by atoms with Crippen molar-refractivity contribution in [2.24, 2.45) is 0 Å². The SMILES string of the molecule is CCOc1ccc(CN(C)C(=O)COC(=O)c2ccccc2I)cc1. The fraction of sp³-hybridized carbons (Fsp3) is 0.263. The Bertz CT molecular complexity index is 730. The molecule has 0 aliphatic carbocycles. The molecule has 5 nitrogen and oxygen atoms in total. The topological polar surface area (TPSA) is 55.8 Å². The first-order valence-corrected chi connectivity index (χ1v) is 8.96. The maximum atomic E-state index is 12.2. The summed E-state index contributed by atoms with van der Waals surface area (Å²) in [6.45, 7) is 2.70. The van der Waals surface area contributed by atoms with E-state index in [2.05, 4.69) is 22.6 Å². The van der Waals surface area contributed by atoms with Crippen LogP contribution in [0.15, 0.2) is 48.5 Å². The Kier molecular flexibility index (Phi) is 7.24. The molecule has 25 heavy (non-hydrogen) atoms. The maximum absolute atomic E-state index is 12.2. The van der Waals surface area contributed by atoms with E-state index in [4.69, 9.17) is 9.47 Å². The van der Waals surface area contributed by atoms with Crippen molar-refractivity contribution in [3.63, 3.8) is 0 Å². The molecule has 0 atom stereocenters. The number of carbonyl (C=O) groups is 2. The molecule has 0 radical (unpaired) electrons. The molecule has 0 saturated carbocycles. The summed E-state index contributed by atoms with van der Waals surface area (Å²) in [4.78, 5) is 25.7. The van der Waals surface area contributed by atoms with E-state index in [-0.39, 0.29) is 12.5 Å². The number of esters is 1. The molecular weight excluding hydrogens is 433 g/mol. The van der Waals surface area contributed by atoms with Gasteiger partial charge in [-0.2, -0.15) is 0 Å². The van der Waals surface area contributed by atoms with Crippen molar-refractivity contribution in [3.05, 3.63) is 63.2 Å². The zero-order valence-corrected chi connectivity index (χ0v) is 16.4. The van der Waals surface area contributed by atoms with Gasteiger partial charge in [0.25, 0.3) is 5.91 Å². The first kappa shape index (κ1) is 19.2. The van der Waals surface area contributed by atoms with E-state index in [0.717, 1.165) is 14.9 Å². The maximum Gasteiger partial charge on any atom is 0.339 e. The summed E-state index contributed by atoms with van der Waals surface area (Å²) in [5, 5.41) is 0. The summed E-state index contributed by atoms with van der Waals surface area (Å²) in [5.74, 6) is 0.0487. The Morgan fingerprint density at radius 2 is 1.76 bits per heavy atom. The van der Waals surface area contributed by atoms with E-state index in [9.17, 15) is 9.59 Å². The monoisotopic (exact) mass is 453 g/mol. The average Bonchev–Trinajstić information content (AvgIpc) is 2.61. The summed E-state index contributed by atoms with van der Waals surface area (Å²) in [6.07, 6.45) is 0. The molecule has 0 unspecified atom stereocenters. The van der Waals surface area contributed by atoms with Crippen molar-refractivity contribution in [2.75, 3.05) is 20.3 Å². The summed E-state index contributed by atoms with van der Waals surface area (Å²) >= 11 is 2.06. The van der Waals surface area contributed by atoms with Crippen molar-refractivity contribution in [3.8, 4) is 5.75 Å². The summed E-state index contributed by atoms with van der Waals surface area (Å²) in [5.41, 5.74) is 1.44. The van der Waals surface area contributed by atoms with Gasteiger partial charge in [0.2, 0.25) is 0 Å². The fourth-order valence-corrected chi connectivity index (χ4v) is 2.77. The molecule has 0 N–H and O–H groups in total. The first-order valence-electron chi connectivity index (χ1n) is 7.88. The normalized spacial score (nSPS) is 10.2. The predicted octanol–water partition coefficient (Wildman–Crippen LogP) is 3.51. The molecule has 2 rings (SSSR count). The van der Waals surface area contributed by atoms with E-state index < -0.39 is 5.97 Å². The third kappa shape index (κ3) is 5.74. The molecule has 0 aromatic heterocycles. The Balaban J connectivity index is 1.85. The highest BCUT2D eigenvalue weighted by atomic mass is 127. The number of hydrogen-bond acceptors (Lipinski definition) is 4. The van der Waals surface area contributed by atoms with E-state index in [1.54, 1.807) is 19.2 Å². The number of likely N-dealkylation sites (N-methyl/N-ethyl adjacent to an activating group) is 1. The Labute approximate surface area is 161 Å². The van der Waals surface area contributed by atoms with Crippen molar-refractivity contribution in [1.29, 1.82) is 0 Å². The van der Waals surface area contributed by atoms with Gasteiger partial charge in [0, 0.05) is 17.2 Å². The number of halogens is 1. The van der Waals surface area contributed by atoms with Gasteiger partial charge in [-0.3, -0.25) is 4.79 Å². The number of nitrogens with zero attached hydrogens (tertiary/aromatic N) is 1. The lowest BCUT2D eigenvalue weighted by Gasteiger charge is -2.17. The summed E-state index contributed by atoms with van der Waals surface area (Å²) < 4.78 is 11.3. The number of amides is 1. The third-order valence-electron chi connectivity index (χ3n) is 3.50. The molecule has 0 bridgehead atoms. The van der Waals surface area contributed by atoms with Gasteiger partial charge in [-0.05, 0) is 59.3 Å². The highest BCUT2D eigenvalue weighted by molar-refractivity contribution is 14.1. The minimum atomic E-state index is -0.493. The van der Waals surface area contributed by atoms with Crippen molar-refractivity contribution in [2.45, 2.75) is 13.5 Å². The van der Waals surface area contributed by atoms with Gasteiger partial charge < -0.3 is 14.4 Å². The minimum absolute atomic E-state index is 0.256. The molecule has 2 aromatic carbocycles. The highest BCUT2D eigenvalue weighted by Gasteiger charge is 2.15. The molecule has 0 aliphatic rings. The molecule has 132 valence electrons. The predicted molar refractivity (Wildman–Crippen MR) is 104 cm³/mol. The van der Waals surface area contributed by atoms with Crippen LogP contribution < -0.4 is 4.74 Å². The van der Waals surface area contributed by atoms with Crippen LogP contribution in [0.3, 0.4) is 0 Å². The van der Waals surface area contributed by atoms with Crippen molar-refractivity contribution < 1.29 is 19.1 Å². The smallest absolute Gasteiger partial charge is 0.339 e. The number of rotatable bonds is 7. The van der Waals surface area contributed by atoms with Crippen molar-refractivity contribution >= 4 is 34.5 Å². The van der Waals surface area contributed by atoms with Gasteiger partial charge in [0.05, 0.1) is 12.2 Å². The van der Waals surface area contributed by atoms with Crippen LogP contribution in [-0.4, -0.2) is 37.0 Å². The van der Waals surface area contributed by atoms with Gasteiger partial charge >= 0.3 is 5.97 Å². The Morgan fingerprint density at radius 1 is 1.08 bits per heavy atom. The summed E-state index contributed by atoms with van der Waals surface area (Å²) in [6, 6.07) is 14.7. The fourth-order valence-electron chi connectivity index (χ4n) is 2.16. The zero-order valence-electron chi connectivity index (χ0n) is 14.2. The van der Waals surface area contributed by atoms with Crippen LogP contribution >= 0.6 is 22.6 Å². The van der Waals surface area contributed by atoms with Crippen LogP contribution in [0.2, 0.25) is 0 Å². The van der Waals surface area contributed by atoms with Crippen molar-refractivity contribution in [1.82, 2.24) is 4.90 Å². The molecule has 0 fully saturated rings. The average molecular weight is 453 g/mol. The lowest BCUT2D eigenvalue weighted by atomic mass is 10.2. The van der Waals surface area contributed by atoms with Gasteiger partial charge in [0.1, 0.15) is 5.75 Å².